The highest BCUT2D eigenvalue weighted by molar-refractivity contribution is 5.93. The second-order valence-electron chi connectivity index (χ2n) is 4.79. The Morgan fingerprint density at radius 3 is 2.48 bits per heavy atom. The van der Waals surface area contributed by atoms with Crippen LogP contribution in [0.1, 0.15) is 33.1 Å². The molecular formula is C17H14N2O6. The standard InChI is InChI=1S/C17H14N2O6/c1-23-17(22)14-7-6-13(25-14)10-24-16(21)11-2-4-12(5-3-11)19-15(20)8-9-18/h2-7H,8,10H2,1H3,(H,19,20). The number of rotatable bonds is 6. The van der Waals surface area contributed by atoms with Crippen molar-refractivity contribution in [3.63, 3.8) is 0 Å². The highest BCUT2D eigenvalue weighted by atomic mass is 16.5. The molecule has 25 heavy (non-hydrogen) atoms. The van der Waals surface area contributed by atoms with Gasteiger partial charge in [0.05, 0.1) is 18.7 Å². The lowest BCUT2D eigenvalue weighted by Crippen LogP contribution is -2.10. The third-order valence-corrected chi connectivity index (χ3v) is 3.04. The quantitative estimate of drug-likeness (QED) is 0.800. The van der Waals surface area contributed by atoms with E-state index in [1.807, 2.05) is 0 Å². The number of amides is 1. The predicted molar refractivity (Wildman–Crippen MR) is 84.5 cm³/mol. The van der Waals surface area contributed by atoms with Gasteiger partial charge in [-0.3, -0.25) is 4.79 Å². The molecule has 2 aromatic rings. The molecule has 1 aromatic carbocycles. The number of benzene rings is 1. The number of nitrogens with one attached hydrogen (secondary N) is 1. The van der Waals surface area contributed by atoms with Gasteiger partial charge < -0.3 is 19.2 Å². The molecule has 1 N–H and O–H groups in total. The van der Waals surface area contributed by atoms with Crippen LogP contribution in [-0.4, -0.2) is 25.0 Å². The van der Waals surface area contributed by atoms with E-state index in [-0.39, 0.29) is 24.4 Å². The Bertz CT molecular complexity index is 816. The van der Waals surface area contributed by atoms with Crippen molar-refractivity contribution < 1.29 is 28.3 Å². The summed E-state index contributed by atoms with van der Waals surface area (Å²) < 4.78 is 14.8. The van der Waals surface area contributed by atoms with Gasteiger partial charge in [-0.25, -0.2) is 9.59 Å². The third-order valence-electron chi connectivity index (χ3n) is 3.04. The lowest BCUT2D eigenvalue weighted by Gasteiger charge is -2.05. The molecule has 0 bridgehead atoms. The molecule has 0 saturated carbocycles. The molecule has 0 aliphatic carbocycles. The Morgan fingerprint density at radius 2 is 1.84 bits per heavy atom. The van der Waals surface area contributed by atoms with Gasteiger partial charge in [0.2, 0.25) is 11.7 Å². The first kappa shape index (κ1) is 17.7. The van der Waals surface area contributed by atoms with Crippen LogP contribution in [0.4, 0.5) is 5.69 Å². The Hall–Kier alpha value is -3.60. The molecule has 0 aliphatic rings. The van der Waals surface area contributed by atoms with Crippen LogP contribution in [0.5, 0.6) is 0 Å². The molecule has 0 atom stereocenters. The molecule has 1 aromatic heterocycles. The van der Waals surface area contributed by atoms with Crippen LogP contribution in [0.15, 0.2) is 40.8 Å². The first-order valence-corrected chi connectivity index (χ1v) is 7.14. The van der Waals surface area contributed by atoms with Crippen molar-refractivity contribution >= 4 is 23.5 Å². The molecule has 0 unspecified atom stereocenters. The molecule has 0 spiro atoms. The Morgan fingerprint density at radius 1 is 1.12 bits per heavy atom. The number of nitriles is 1. The molecule has 2 rings (SSSR count). The summed E-state index contributed by atoms with van der Waals surface area (Å²) in [6, 6.07) is 10.7. The topological polar surface area (TPSA) is 119 Å². The summed E-state index contributed by atoms with van der Waals surface area (Å²) in [7, 11) is 1.23. The minimum absolute atomic E-state index is 0.0195. The van der Waals surface area contributed by atoms with Crippen LogP contribution in [-0.2, 0) is 20.9 Å². The van der Waals surface area contributed by atoms with Crippen LogP contribution in [0, 0.1) is 11.3 Å². The second-order valence-corrected chi connectivity index (χ2v) is 4.79. The average molecular weight is 342 g/mol. The fourth-order valence-electron chi connectivity index (χ4n) is 1.85. The van der Waals surface area contributed by atoms with Crippen LogP contribution in [0.2, 0.25) is 0 Å². The number of nitrogens with zero attached hydrogens (tertiary/aromatic N) is 1. The van der Waals surface area contributed by atoms with Crippen LogP contribution < -0.4 is 5.32 Å². The van der Waals surface area contributed by atoms with Crippen molar-refractivity contribution in [2.24, 2.45) is 0 Å². The van der Waals surface area contributed by atoms with Crippen molar-refractivity contribution in [2.75, 3.05) is 12.4 Å². The summed E-state index contributed by atoms with van der Waals surface area (Å²) in [6.07, 6.45) is -0.250. The fraction of sp³-hybridized carbons (Fsp3) is 0.176. The first-order valence-electron chi connectivity index (χ1n) is 7.14. The van der Waals surface area contributed by atoms with E-state index < -0.39 is 17.8 Å². The molecule has 8 nitrogen and oxygen atoms in total. The molecule has 0 aliphatic heterocycles. The van der Waals surface area contributed by atoms with Crippen molar-refractivity contribution in [1.82, 2.24) is 0 Å². The smallest absolute Gasteiger partial charge is 0.373 e. The highest BCUT2D eigenvalue weighted by Crippen LogP contribution is 2.14. The molecule has 8 heteroatoms. The largest absolute Gasteiger partial charge is 0.463 e. The van der Waals surface area contributed by atoms with Crippen molar-refractivity contribution in [3.8, 4) is 6.07 Å². The van der Waals surface area contributed by atoms with Gasteiger partial charge in [-0.2, -0.15) is 5.26 Å². The summed E-state index contributed by atoms with van der Waals surface area (Å²) in [4.78, 5) is 34.5. The van der Waals surface area contributed by atoms with Crippen molar-refractivity contribution in [3.05, 3.63) is 53.5 Å². The van der Waals surface area contributed by atoms with Gasteiger partial charge in [-0.1, -0.05) is 0 Å². The van der Waals surface area contributed by atoms with Gasteiger partial charge in [0, 0.05) is 5.69 Å². The van der Waals surface area contributed by atoms with E-state index in [0.29, 0.717) is 11.4 Å². The monoisotopic (exact) mass is 342 g/mol. The van der Waals surface area contributed by atoms with Crippen molar-refractivity contribution in [2.45, 2.75) is 13.0 Å². The molecule has 0 radical (unpaired) electrons. The summed E-state index contributed by atoms with van der Waals surface area (Å²) in [5, 5.41) is 10.9. The zero-order valence-electron chi connectivity index (χ0n) is 13.3. The van der Waals surface area contributed by atoms with E-state index >= 15 is 0 Å². The molecule has 1 amide bonds. The lowest BCUT2D eigenvalue weighted by atomic mass is 10.2. The van der Waals surface area contributed by atoms with E-state index in [4.69, 9.17) is 14.4 Å². The molecule has 0 saturated heterocycles. The number of hydrogen-bond donors (Lipinski definition) is 1. The second kappa shape index (κ2) is 8.31. The minimum Gasteiger partial charge on any atom is -0.463 e. The van der Waals surface area contributed by atoms with E-state index in [2.05, 4.69) is 10.1 Å². The number of esters is 2. The Kier molecular flexibility index (Phi) is 5.90. The number of carbonyl (C=O) groups is 3. The number of anilines is 1. The van der Waals surface area contributed by atoms with Gasteiger partial charge in [0.1, 0.15) is 18.8 Å². The number of carbonyl (C=O) groups excluding carboxylic acids is 3. The zero-order chi connectivity index (χ0) is 18.2. The Labute approximate surface area is 142 Å². The normalized spacial score (nSPS) is 9.76. The number of hydrogen-bond acceptors (Lipinski definition) is 7. The van der Waals surface area contributed by atoms with E-state index in [9.17, 15) is 14.4 Å². The summed E-state index contributed by atoms with van der Waals surface area (Å²) in [5.41, 5.74) is 0.739. The number of methoxy groups -OCH3 is 1. The maximum Gasteiger partial charge on any atom is 0.373 e. The summed E-state index contributed by atoms with van der Waals surface area (Å²) >= 11 is 0. The van der Waals surface area contributed by atoms with Crippen LogP contribution in [0.3, 0.4) is 0 Å². The van der Waals surface area contributed by atoms with E-state index in [1.54, 1.807) is 6.07 Å². The number of ether oxygens (including phenoxy) is 2. The highest BCUT2D eigenvalue weighted by Gasteiger charge is 2.13. The molecule has 128 valence electrons. The fourth-order valence-corrected chi connectivity index (χ4v) is 1.85. The lowest BCUT2D eigenvalue weighted by molar-refractivity contribution is -0.115. The van der Waals surface area contributed by atoms with Crippen LogP contribution in [0.25, 0.3) is 0 Å². The third kappa shape index (κ3) is 4.94. The van der Waals surface area contributed by atoms with Crippen LogP contribution >= 0.6 is 0 Å². The molecule has 0 fully saturated rings. The molecular weight excluding hydrogens is 328 g/mol. The maximum absolute atomic E-state index is 12.0. The van der Waals surface area contributed by atoms with Gasteiger partial charge >= 0.3 is 11.9 Å². The van der Waals surface area contributed by atoms with Gasteiger partial charge in [0.15, 0.2) is 0 Å². The van der Waals surface area contributed by atoms with E-state index in [1.165, 1.54) is 43.5 Å². The zero-order valence-corrected chi connectivity index (χ0v) is 13.3. The summed E-state index contributed by atoms with van der Waals surface area (Å²) in [6.45, 7) is -0.142. The first-order chi connectivity index (χ1) is 12.0. The van der Waals surface area contributed by atoms with Gasteiger partial charge in [0.25, 0.3) is 0 Å². The predicted octanol–water partition coefficient (Wildman–Crippen LogP) is 2.28. The summed E-state index contributed by atoms with van der Waals surface area (Å²) in [5.74, 6) is -1.32. The molecule has 1 heterocycles. The average Bonchev–Trinajstić information content (AvgIpc) is 3.09. The Balaban J connectivity index is 1.90. The SMILES string of the molecule is COC(=O)c1ccc(COC(=O)c2ccc(NC(=O)CC#N)cc2)o1. The van der Waals surface area contributed by atoms with Gasteiger partial charge in [-0.05, 0) is 36.4 Å². The maximum atomic E-state index is 12.0. The number of furan rings is 1. The van der Waals surface area contributed by atoms with Crippen molar-refractivity contribution in [1.29, 1.82) is 5.26 Å². The van der Waals surface area contributed by atoms with Gasteiger partial charge in [-0.15, -0.1) is 0 Å². The minimum atomic E-state index is -0.619. The van der Waals surface area contributed by atoms with E-state index in [0.717, 1.165) is 0 Å².